The Morgan fingerprint density at radius 2 is 2.04 bits per heavy atom. The molecule has 0 aliphatic carbocycles. The van der Waals surface area contributed by atoms with Crippen molar-refractivity contribution in [2.75, 3.05) is 33.9 Å². The third kappa shape index (κ3) is 5.17. The average Bonchev–Trinajstić information content (AvgIpc) is 2.98. The molecule has 1 aromatic carbocycles. The summed E-state index contributed by atoms with van der Waals surface area (Å²) in [6.45, 7) is 1.28. The zero-order chi connectivity index (χ0) is 17.5. The van der Waals surface area contributed by atoms with Gasteiger partial charge in [0, 0.05) is 26.6 Å². The lowest BCUT2D eigenvalue weighted by atomic mass is 10.2. The van der Waals surface area contributed by atoms with E-state index in [4.69, 9.17) is 14.2 Å². The van der Waals surface area contributed by atoms with E-state index in [1.165, 1.54) is 0 Å². The topological polar surface area (TPSA) is 88.5 Å². The highest BCUT2D eigenvalue weighted by Gasteiger charge is 2.37. The molecule has 24 heavy (non-hydrogen) atoms. The largest absolute Gasteiger partial charge is 0.497 e. The highest BCUT2D eigenvalue weighted by atomic mass is 16.5. The molecular formula is C17H25NO6. The number of carboxylic acid groups (broad SMARTS) is 1. The summed E-state index contributed by atoms with van der Waals surface area (Å²) >= 11 is 0. The third-order valence-corrected chi connectivity index (χ3v) is 4.17. The van der Waals surface area contributed by atoms with Gasteiger partial charge >= 0.3 is 5.97 Å². The Labute approximate surface area is 141 Å². The number of carbonyl (C=O) groups is 1. The number of aliphatic carboxylic acids is 1. The second-order valence-corrected chi connectivity index (χ2v) is 5.92. The van der Waals surface area contributed by atoms with Gasteiger partial charge in [-0.25, -0.2) is 0 Å². The Balaban J connectivity index is 1.75. The molecular weight excluding hydrogens is 314 g/mol. The lowest BCUT2D eigenvalue weighted by Crippen LogP contribution is -2.42. The smallest absolute Gasteiger partial charge is 0.321 e. The quantitative estimate of drug-likeness (QED) is 0.686. The highest BCUT2D eigenvalue weighted by Crippen LogP contribution is 2.20. The Bertz CT molecular complexity index is 520. The number of aliphatic hydroxyl groups excluding tert-OH is 1. The van der Waals surface area contributed by atoms with E-state index in [-0.39, 0.29) is 19.3 Å². The van der Waals surface area contributed by atoms with Gasteiger partial charge in [0.15, 0.2) is 0 Å². The zero-order valence-electron chi connectivity index (χ0n) is 14.1. The van der Waals surface area contributed by atoms with Gasteiger partial charge in [0.05, 0.1) is 32.5 Å². The van der Waals surface area contributed by atoms with Crippen LogP contribution in [0.25, 0.3) is 0 Å². The molecule has 7 heteroatoms. The Hall–Kier alpha value is -1.67. The van der Waals surface area contributed by atoms with Crippen LogP contribution in [0.1, 0.15) is 12.0 Å². The van der Waals surface area contributed by atoms with E-state index in [9.17, 15) is 15.0 Å². The van der Waals surface area contributed by atoms with Crippen molar-refractivity contribution in [2.24, 2.45) is 0 Å². The molecule has 1 saturated heterocycles. The Kier molecular flexibility index (Phi) is 6.99. The second-order valence-electron chi connectivity index (χ2n) is 5.92. The molecule has 0 bridgehead atoms. The molecule has 3 atom stereocenters. The van der Waals surface area contributed by atoms with Gasteiger partial charge in [-0.1, -0.05) is 12.1 Å². The van der Waals surface area contributed by atoms with Crippen LogP contribution < -0.4 is 4.74 Å². The van der Waals surface area contributed by atoms with Crippen LogP contribution in [0.3, 0.4) is 0 Å². The maximum atomic E-state index is 11.3. The molecule has 1 heterocycles. The molecule has 1 unspecified atom stereocenters. The maximum Gasteiger partial charge on any atom is 0.321 e. The molecule has 1 aromatic rings. The van der Waals surface area contributed by atoms with Crippen LogP contribution in [-0.2, 0) is 20.9 Å². The lowest BCUT2D eigenvalue weighted by molar-refractivity contribution is -0.142. The van der Waals surface area contributed by atoms with Gasteiger partial charge in [0.1, 0.15) is 11.8 Å². The third-order valence-electron chi connectivity index (χ3n) is 4.17. The zero-order valence-corrected chi connectivity index (χ0v) is 14.1. The van der Waals surface area contributed by atoms with Gasteiger partial charge in [-0.2, -0.15) is 0 Å². The summed E-state index contributed by atoms with van der Waals surface area (Å²) < 4.78 is 15.8. The minimum Gasteiger partial charge on any atom is -0.497 e. The van der Waals surface area contributed by atoms with Gasteiger partial charge in [0.25, 0.3) is 0 Å². The minimum atomic E-state index is -0.888. The van der Waals surface area contributed by atoms with E-state index < -0.39 is 18.1 Å². The predicted molar refractivity (Wildman–Crippen MR) is 87.1 cm³/mol. The number of likely N-dealkylation sites (tertiary alicyclic amines) is 1. The number of benzene rings is 1. The number of hydrogen-bond acceptors (Lipinski definition) is 6. The minimum absolute atomic E-state index is 0.112. The van der Waals surface area contributed by atoms with Crippen molar-refractivity contribution in [2.45, 2.75) is 31.3 Å². The van der Waals surface area contributed by atoms with Crippen LogP contribution in [0.2, 0.25) is 0 Å². The molecule has 2 rings (SSSR count). The Morgan fingerprint density at radius 3 is 2.62 bits per heavy atom. The molecule has 1 aliphatic rings. The summed E-state index contributed by atoms with van der Waals surface area (Å²) in [6, 6.07) is 6.87. The monoisotopic (exact) mass is 339 g/mol. The first-order chi connectivity index (χ1) is 11.5. The summed E-state index contributed by atoms with van der Waals surface area (Å²) in [5.74, 6) is -0.110. The van der Waals surface area contributed by atoms with Gasteiger partial charge in [-0.15, -0.1) is 0 Å². The average molecular weight is 339 g/mol. The number of carboxylic acids is 1. The summed E-state index contributed by atoms with van der Waals surface area (Å²) in [5, 5.41) is 19.4. The van der Waals surface area contributed by atoms with Crippen LogP contribution in [0.15, 0.2) is 24.3 Å². The van der Waals surface area contributed by atoms with E-state index in [1.807, 2.05) is 24.3 Å². The van der Waals surface area contributed by atoms with Crippen molar-refractivity contribution in [1.29, 1.82) is 0 Å². The van der Waals surface area contributed by atoms with Gasteiger partial charge in [-0.05, 0) is 17.7 Å². The molecule has 0 saturated carbocycles. The molecule has 0 spiro atoms. The molecule has 0 aromatic heterocycles. The first-order valence-electron chi connectivity index (χ1n) is 7.92. The second kappa shape index (κ2) is 8.98. The fourth-order valence-corrected chi connectivity index (χ4v) is 2.85. The number of hydrogen-bond donors (Lipinski definition) is 2. The van der Waals surface area contributed by atoms with Gasteiger partial charge in [-0.3, -0.25) is 9.69 Å². The molecule has 7 nitrogen and oxygen atoms in total. The van der Waals surface area contributed by atoms with E-state index in [0.717, 1.165) is 11.3 Å². The number of methoxy groups -OCH3 is 2. The summed E-state index contributed by atoms with van der Waals surface area (Å²) in [7, 11) is 3.18. The fourth-order valence-electron chi connectivity index (χ4n) is 2.85. The standard InChI is InChI=1S/C17H25NO6/c1-22-14-5-3-12(4-6-14)10-24-11-13(19)8-18-9-15(23-2)7-16(18)17(20)21/h3-6,13,15-16,19H,7-11H2,1-2H3,(H,20,21)/t13?,15-,16-/m0/s1. The van der Waals surface area contributed by atoms with Gasteiger partial charge < -0.3 is 24.4 Å². The molecule has 1 aliphatic heterocycles. The van der Waals surface area contributed by atoms with E-state index >= 15 is 0 Å². The number of aliphatic hydroxyl groups is 1. The number of nitrogens with zero attached hydrogens (tertiary/aromatic N) is 1. The van der Waals surface area contributed by atoms with Crippen molar-refractivity contribution >= 4 is 5.97 Å². The van der Waals surface area contributed by atoms with Crippen molar-refractivity contribution in [3.8, 4) is 5.75 Å². The van der Waals surface area contributed by atoms with Crippen LogP contribution >= 0.6 is 0 Å². The normalized spacial score (nSPS) is 22.5. The van der Waals surface area contributed by atoms with Crippen molar-refractivity contribution in [3.05, 3.63) is 29.8 Å². The molecule has 0 radical (unpaired) electrons. The molecule has 1 fully saturated rings. The Morgan fingerprint density at radius 1 is 1.33 bits per heavy atom. The van der Waals surface area contributed by atoms with Crippen LogP contribution in [0.4, 0.5) is 0 Å². The SMILES string of the molecule is COc1ccc(COCC(O)CN2C[C@@H](OC)C[C@H]2C(=O)O)cc1. The molecule has 0 amide bonds. The fraction of sp³-hybridized carbons (Fsp3) is 0.588. The lowest BCUT2D eigenvalue weighted by Gasteiger charge is -2.23. The molecule has 134 valence electrons. The highest BCUT2D eigenvalue weighted by molar-refractivity contribution is 5.74. The van der Waals surface area contributed by atoms with Crippen LogP contribution in [0.5, 0.6) is 5.75 Å². The maximum absolute atomic E-state index is 11.3. The predicted octanol–water partition coefficient (Wildman–Crippen LogP) is 0.747. The first kappa shape index (κ1) is 18.7. The van der Waals surface area contributed by atoms with Crippen molar-refractivity contribution in [1.82, 2.24) is 4.90 Å². The number of β-amino-alcohol motifs (C(OH)–C–C–N with tert-alkyl or cyclic N) is 1. The summed E-state index contributed by atoms with van der Waals surface area (Å²) in [6.07, 6.45) is -0.426. The number of ether oxygens (including phenoxy) is 3. The van der Waals surface area contributed by atoms with E-state index in [2.05, 4.69) is 0 Å². The molecule has 2 N–H and O–H groups in total. The van der Waals surface area contributed by atoms with E-state index in [0.29, 0.717) is 19.6 Å². The number of rotatable bonds is 9. The summed E-state index contributed by atoms with van der Waals surface area (Å²) in [5.41, 5.74) is 0.979. The van der Waals surface area contributed by atoms with Crippen molar-refractivity contribution in [3.63, 3.8) is 0 Å². The first-order valence-corrected chi connectivity index (χ1v) is 7.92. The van der Waals surface area contributed by atoms with E-state index in [1.54, 1.807) is 19.1 Å². The van der Waals surface area contributed by atoms with Crippen LogP contribution in [0, 0.1) is 0 Å². The summed E-state index contributed by atoms with van der Waals surface area (Å²) in [4.78, 5) is 13.0. The van der Waals surface area contributed by atoms with Gasteiger partial charge in [0.2, 0.25) is 0 Å². The van der Waals surface area contributed by atoms with Crippen LogP contribution in [-0.4, -0.2) is 73.2 Å². The van der Waals surface area contributed by atoms with Crippen molar-refractivity contribution < 1.29 is 29.2 Å².